The third-order valence-electron chi connectivity index (χ3n) is 4.44. The van der Waals surface area contributed by atoms with E-state index in [0.29, 0.717) is 18.8 Å². The zero-order chi connectivity index (χ0) is 21.7. The maximum Gasteiger partial charge on any atom is 0.243 e. The highest BCUT2D eigenvalue weighted by Crippen LogP contribution is 2.20. The number of hydrogen-bond acceptors (Lipinski definition) is 5. The second-order valence-electron chi connectivity index (χ2n) is 6.55. The molecule has 0 unspecified atom stereocenters. The number of amides is 1. The Morgan fingerprint density at radius 3 is 2.14 bits per heavy atom. The number of nitrogens with one attached hydrogen (secondary N) is 1. The van der Waals surface area contributed by atoms with E-state index in [1.165, 1.54) is 34.6 Å². The van der Waals surface area contributed by atoms with Gasteiger partial charge in [-0.2, -0.15) is 4.31 Å². The van der Waals surface area contributed by atoms with Gasteiger partial charge in [-0.05, 0) is 37.3 Å². The number of anilines is 1. The zero-order valence-electron chi connectivity index (χ0n) is 16.8. The van der Waals surface area contributed by atoms with Gasteiger partial charge in [0.15, 0.2) is 9.84 Å². The Bertz CT molecular complexity index is 1060. The molecule has 29 heavy (non-hydrogen) atoms. The fourth-order valence-corrected chi connectivity index (χ4v) is 5.51. The van der Waals surface area contributed by atoms with E-state index in [0.717, 1.165) is 5.56 Å². The summed E-state index contributed by atoms with van der Waals surface area (Å²) in [5.41, 5.74) is 1.25. The number of rotatable bonds is 9. The van der Waals surface area contributed by atoms with E-state index in [1.807, 2.05) is 6.92 Å². The number of nitrogens with zero attached hydrogens (tertiary/aromatic N) is 1. The lowest BCUT2D eigenvalue weighted by molar-refractivity contribution is -0.115. The van der Waals surface area contributed by atoms with Crippen molar-refractivity contribution in [2.24, 2.45) is 0 Å². The zero-order valence-corrected chi connectivity index (χ0v) is 18.4. The number of sulfone groups is 1. The number of sulfonamides is 1. The number of carbonyl (C=O) groups is 1. The molecular weight excluding hydrogens is 412 g/mol. The van der Waals surface area contributed by atoms with Gasteiger partial charge in [0.2, 0.25) is 15.9 Å². The van der Waals surface area contributed by atoms with Crippen molar-refractivity contribution in [2.75, 3.05) is 24.2 Å². The lowest BCUT2D eigenvalue weighted by atomic mass is 10.2. The van der Waals surface area contributed by atoms with Gasteiger partial charge in [-0.1, -0.05) is 37.6 Å². The topological polar surface area (TPSA) is 101 Å². The Kier molecular flexibility index (Phi) is 7.56. The summed E-state index contributed by atoms with van der Waals surface area (Å²) in [5, 5.41) is 2.58. The number of benzene rings is 2. The smallest absolute Gasteiger partial charge is 0.243 e. The summed E-state index contributed by atoms with van der Waals surface area (Å²) in [6.45, 7) is 6.04. The van der Waals surface area contributed by atoms with Crippen molar-refractivity contribution in [2.45, 2.75) is 37.0 Å². The van der Waals surface area contributed by atoms with Crippen molar-refractivity contribution in [3.8, 4) is 0 Å². The van der Waals surface area contributed by atoms with E-state index < -0.39 is 25.8 Å². The molecule has 0 saturated carbocycles. The summed E-state index contributed by atoms with van der Waals surface area (Å²) >= 11 is 0. The number of aryl methyl sites for hydroxylation is 1. The highest BCUT2D eigenvalue weighted by atomic mass is 32.2. The van der Waals surface area contributed by atoms with Gasteiger partial charge in [0.25, 0.3) is 0 Å². The van der Waals surface area contributed by atoms with Gasteiger partial charge in [-0.15, -0.1) is 0 Å². The summed E-state index contributed by atoms with van der Waals surface area (Å²) in [6, 6.07) is 12.4. The Labute approximate surface area is 172 Å². The molecular formula is C20H26N2O5S2. The van der Waals surface area contributed by atoms with Crippen molar-refractivity contribution >= 4 is 31.5 Å². The molecule has 0 aromatic heterocycles. The monoisotopic (exact) mass is 438 g/mol. The molecule has 2 aromatic rings. The molecule has 0 atom stereocenters. The average Bonchev–Trinajstić information content (AvgIpc) is 2.68. The van der Waals surface area contributed by atoms with Crippen LogP contribution >= 0.6 is 0 Å². The number of carbonyl (C=O) groups excluding carboxylic acids is 1. The maximum atomic E-state index is 12.6. The fourth-order valence-electron chi connectivity index (χ4n) is 2.76. The minimum atomic E-state index is -3.65. The third-order valence-corrected chi connectivity index (χ3v) is 8.22. The minimum absolute atomic E-state index is 0.0753. The summed E-state index contributed by atoms with van der Waals surface area (Å²) in [5.74, 6) is -0.836. The van der Waals surface area contributed by atoms with Crippen LogP contribution in [0.15, 0.2) is 58.3 Å². The van der Waals surface area contributed by atoms with Crippen LogP contribution in [0.3, 0.4) is 0 Å². The van der Waals surface area contributed by atoms with Crippen LogP contribution in [0, 0.1) is 6.92 Å². The highest BCUT2D eigenvalue weighted by molar-refractivity contribution is 7.91. The molecule has 0 fully saturated rings. The Morgan fingerprint density at radius 1 is 0.931 bits per heavy atom. The largest absolute Gasteiger partial charge is 0.326 e. The van der Waals surface area contributed by atoms with E-state index in [4.69, 9.17) is 0 Å². The SMILES string of the molecule is CCN(CC)S(=O)(=O)c1cccc(NC(=O)CCS(=O)(=O)c2ccc(C)cc2)c1. The van der Waals surface area contributed by atoms with Gasteiger partial charge < -0.3 is 5.32 Å². The van der Waals surface area contributed by atoms with Crippen LogP contribution in [0.5, 0.6) is 0 Å². The van der Waals surface area contributed by atoms with Crippen molar-refractivity contribution in [3.63, 3.8) is 0 Å². The average molecular weight is 439 g/mol. The van der Waals surface area contributed by atoms with Crippen LogP contribution in [0.2, 0.25) is 0 Å². The maximum absolute atomic E-state index is 12.6. The van der Waals surface area contributed by atoms with E-state index in [2.05, 4.69) is 5.32 Å². The Morgan fingerprint density at radius 2 is 1.55 bits per heavy atom. The standard InChI is InChI=1S/C20H26N2O5S2/c1-4-22(5-2)29(26,27)19-8-6-7-17(15-19)21-20(23)13-14-28(24,25)18-11-9-16(3)10-12-18/h6-12,15H,4-5,13-14H2,1-3H3,(H,21,23). The predicted molar refractivity (Wildman–Crippen MR) is 113 cm³/mol. The highest BCUT2D eigenvalue weighted by Gasteiger charge is 2.22. The lowest BCUT2D eigenvalue weighted by Gasteiger charge is -2.18. The first-order valence-corrected chi connectivity index (χ1v) is 12.4. The Hall–Kier alpha value is -2.23. The Balaban J connectivity index is 2.07. The second-order valence-corrected chi connectivity index (χ2v) is 10.6. The molecule has 1 amide bonds. The van der Waals surface area contributed by atoms with E-state index in [-0.39, 0.29) is 22.0 Å². The molecule has 0 aliphatic heterocycles. The first-order valence-electron chi connectivity index (χ1n) is 9.29. The normalized spacial score (nSPS) is 12.1. The summed E-state index contributed by atoms with van der Waals surface area (Å²) in [4.78, 5) is 12.5. The van der Waals surface area contributed by atoms with Gasteiger partial charge in [0, 0.05) is 25.2 Å². The van der Waals surface area contributed by atoms with Gasteiger partial charge >= 0.3 is 0 Å². The first kappa shape index (κ1) is 23.1. The lowest BCUT2D eigenvalue weighted by Crippen LogP contribution is -2.30. The van der Waals surface area contributed by atoms with Gasteiger partial charge in [0.1, 0.15) is 0 Å². The van der Waals surface area contributed by atoms with Crippen molar-refractivity contribution in [1.82, 2.24) is 4.31 Å². The molecule has 0 bridgehead atoms. The predicted octanol–water partition coefficient (Wildman–Crippen LogP) is 2.83. The van der Waals surface area contributed by atoms with Crippen LogP contribution in [0.25, 0.3) is 0 Å². The summed E-state index contributed by atoms with van der Waals surface area (Å²) < 4.78 is 51.3. The molecule has 0 heterocycles. The summed E-state index contributed by atoms with van der Waals surface area (Å²) in [6.07, 6.45) is -0.233. The number of hydrogen-bond donors (Lipinski definition) is 1. The molecule has 7 nitrogen and oxygen atoms in total. The molecule has 0 spiro atoms. The van der Waals surface area contributed by atoms with E-state index >= 15 is 0 Å². The molecule has 0 aliphatic carbocycles. The molecule has 1 N–H and O–H groups in total. The first-order chi connectivity index (χ1) is 13.6. The molecule has 2 rings (SSSR count). The van der Waals surface area contributed by atoms with Gasteiger partial charge in [0.05, 0.1) is 15.5 Å². The molecule has 158 valence electrons. The second kappa shape index (κ2) is 9.51. The summed E-state index contributed by atoms with van der Waals surface area (Å²) in [7, 11) is -7.23. The minimum Gasteiger partial charge on any atom is -0.326 e. The van der Waals surface area contributed by atoms with Gasteiger partial charge in [-0.3, -0.25) is 4.79 Å². The van der Waals surface area contributed by atoms with Crippen LogP contribution < -0.4 is 5.32 Å². The van der Waals surface area contributed by atoms with Crippen LogP contribution in [-0.4, -0.2) is 45.9 Å². The molecule has 0 saturated heterocycles. The van der Waals surface area contributed by atoms with Crippen LogP contribution in [0.1, 0.15) is 25.8 Å². The fraction of sp³-hybridized carbons (Fsp3) is 0.350. The molecule has 2 aromatic carbocycles. The quantitative estimate of drug-likeness (QED) is 0.649. The van der Waals surface area contributed by atoms with Crippen LogP contribution in [0.4, 0.5) is 5.69 Å². The molecule has 0 aliphatic rings. The molecule has 9 heteroatoms. The van der Waals surface area contributed by atoms with Crippen molar-refractivity contribution < 1.29 is 21.6 Å². The third kappa shape index (κ3) is 5.88. The van der Waals surface area contributed by atoms with E-state index in [9.17, 15) is 21.6 Å². The van der Waals surface area contributed by atoms with Crippen molar-refractivity contribution in [3.05, 3.63) is 54.1 Å². The van der Waals surface area contributed by atoms with E-state index in [1.54, 1.807) is 32.0 Å². The van der Waals surface area contributed by atoms with Crippen LogP contribution in [-0.2, 0) is 24.7 Å². The molecule has 0 radical (unpaired) electrons. The van der Waals surface area contributed by atoms with Crippen molar-refractivity contribution in [1.29, 1.82) is 0 Å². The van der Waals surface area contributed by atoms with Gasteiger partial charge in [-0.25, -0.2) is 16.8 Å².